The summed E-state index contributed by atoms with van der Waals surface area (Å²) in [5.74, 6) is 0.451. The van der Waals surface area contributed by atoms with Crippen LogP contribution in [0, 0.1) is 16.0 Å². The van der Waals surface area contributed by atoms with Gasteiger partial charge in [-0.1, -0.05) is 12.1 Å². The van der Waals surface area contributed by atoms with E-state index in [1.165, 1.54) is 6.07 Å². The van der Waals surface area contributed by atoms with Gasteiger partial charge in [0.25, 0.3) is 5.69 Å². The molecule has 1 aliphatic carbocycles. The fourth-order valence-electron chi connectivity index (χ4n) is 2.10. The molecule has 1 atom stereocenters. The first-order valence-corrected chi connectivity index (χ1v) is 7.07. The topological polar surface area (TPSA) is 110 Å². The molecular weight excluding hydrogens is 308 g/mol. The van der Waals surface area contributed by atoms with Crippen molar-refractivity contribution in [2.45, 2.75) is 25.3 Å². The molecule has 1 saturated carbocycles. The summed E-state index contributed by atoms with van der Waals surface area (Å²) in [4.78, 5) is 22.0. The molecular formula is C14H21ClN4O3. The molecule has 1 amide bonds. The molecule has 0 bridgehead atoms. The molecule has 0 saturated heterocycles. The summed E-state index contributed by atoms with van der Waals surface area (Å²) in [6.45, 7) is 0.838. The lowest BCUT2D eigenvalue weighted by atomic mass is 10.2. The Balaban J connectivity index is 0.00000242. The fourth-order valence-corrected chi connectivity index (χ4v) is 2.10. The Bertz CT molecular complexity index is 523. The van der Waals surface area contributed by atoms with Crippen LogP contribution in [0.2, 0.25) is 0 Å². The number of rotatable bonds is 8. The number of carbonyl (C=O) groups excluding carboxylic acids is 1. The standard InChI is InChI=1S/C14H20N4O3.ClH/c15-11(10-5-6-10)9-17-14(19)7-8-16-12-3-1-2-4-13(12)18(20)21;/h1-4,10-11,16H,5-9,15H2,(H,17,19);1H. The van der Waals surface area contributed by atoms with Crippen LogP contribution < -0.4 is 16.4 Å². The molecule has 0 aromatic heterocycles. The quantitative estimate of drug-likeness (QED) is 0.496. The van der Waals surface area contributed by atoms with Crippen molar-refractivity contribution in [1.82, 2.24) is 5.32 Å². The van der Waals surface area contributed by atoms with Crippen molar-refractivity contribution < 1.29 is 9.72 Å². The minimum absolute atomic E-state index is 0. The largest absolute Gasteiger partial charge is 0.379 e. The number of anilines is 1. The van der Waals surface area contributed by atoms with Gasteiger partial charge in [0, 0.05) is 31.6 Å². The van der Waals surface area contributed by atoms with Crippen LogP contribution in [-0.4, -0.2) is 30.0 Å². The fraction of sp³-hybridized carbons (Fsp3) is 0.500. The van der Waals surface area contributed by atoms with Crippen LogP contribution in [0.5, 0.6) is 0 Å². The number of nitrogens with zero attached hydrogens (tertiary/aromatic N) is 1. The van der Waals surface area contributed by atoms with Gasteiger partial charge in [-0.3, -0.25) is 14.9 Å². The van der Waals surface area contributed by atoms with E-state index in [-0.39, 0.29) is 36.5 Å². The zero-order valence-corrected chi connectivity index (χ0v) is 13.0. The Morgan fingerprint density at radius 1 is 1.41 bits per heavy atom. The van der Waals surface area contributed by atoms with Crippen LogP contribution in [0.15, 0.2) is 24.3 Å². The van der Waals surface area contributed by atoms with E-state index >= 15 is 0 Å². The lowest BCUT2D eigenvalue weighted by molar-refractivity contribution is -0.384. The first kappa shape index (κ1) is 18.2. The first-order chi connectivity index (χ1) is 10.1. The van der Waals surface area contributed by atoms with E-state index in [0.717, 1.165) is 12.8 Å². The van der Waals surface area contributed by atoms with Crippen molar-refractivity contribution in [3.63, 3.8) is 0 Å². The highest BCUT2D eigenvalue weighted by Crippen LogP contribution is 2.31. The number of para-hydroxylation sites is 2. The summed E-state index contributed by atoms with van der Waals surface area (Å²) in [6, 6.07) is 6.41. The maximum atomic E-state index is 11.7. The molecule has 4 N–H and O–H groups in total. The number of carbonyl (C=O) groups is 1. The van der Waals surface area contributed by atoms with Crippen LogP contribution in [0.4, 0.5) is 11.4 Å². The van der Waals surface area contributed by atoms with E-state index in [1.54, 1.807) is 18.2 Å². The summed E-state index contributed by atoms with van der Waals surface area (Å²) >= 11 is 0. The van der Waals surface area contributed by atoms with Crippen LogP contribution in [0.1, 0.15) is 19.3 Å². The van der Waals surface area contributed by atoms with Crippen molar-refractivity contribution >= 4 is 29.7 Å². The van der Waals surface area contributed by atoms with Crippen molar-refractivity contribution in [2.75, 3.05) is 18.4 Å². The number of hydrogen-bond donors (Lipinski definition) is 3. The van der Waals surface area contributed by atoms with Crippen LogP contribution in [0.3, 0.4) is 0 Å². The van der Waals surface area contributed by atoms with Gasteiger partial charge in [-0.2, -0.15) is 0 Å². The molecule has 0 aliphatic heterocycles. The number of nitrogens with one attached hydrogen (secondary N) is 2. The number of nitro groups is 1. The van der Waals surface area contributed by atoms with Crippen LogP contribution in [0.25, 0.3) is 0 Å². The summed E-state index contributed by atoms with van der Waals surface area (Å²) in [6.07, 6.45) is 2.55. The smallest absolute Gasteiger partial charge is 0.292 e. The molecule has 1 aromatic rings. The number of benzene rings is 1. The van der Waals surface area contributed by atoms with Gasteiger partial charge < -0.3 is 16.4 Å². The van der Waals surface area contributed by atoms with E-state index in [1.807, 2.05) is 0 Å². The van der Waals surface area contributed by atoms with Gasteiger partial charge >= 0.3 is 0 Å². The van der Waals surface area contributed by atoms with Crippen LogP contribution in [-0.2, 0) is 4.79 Å². The molecule has 1 fully saturated rings. The van der Waals surface area contributed by atoms with Crippen molar-refractivity contribution in [3.8, 4) is 0 Å². The van der Waals surface area contributed by atoms with Gasteiger partial charge in [0.15, 0.2) is 0 Å². The highest BCUT2D eigenvalue weighted by atomic mass is 35.5. The predicted molar refractivity (Wildman–Crippen MR) is 87.2 cm³/mol. The van der Waals surface area contributed by atoms with E-state index in [2.05, 4.69) is 10.6 Å². The summed E-state index contributed by atoms with van der Waals surface area (Å²) in [7, 11) is 0. The van der Waals surface area contributed by atoms with Crippen LogP contribution >= 0.6 is 12.4 Å². The first-order valence-electron chi connectivity index (χ1n) is 7.07. The average Bonchev–Trinajstić information content (AvgIpc) is 3.29. The number of nitrogens with two attached hydrogens (primary N) is 1. The second-order valence-electron chi connectivity index (χ2n) is 5.26. The molecule has 7 nitrogen and oxygen atoms in total. The second kappa shape index (κ2) is 8.55. The Kier molecular flexibility index (Phi) is 7.07. The summed E-state index contributed by atoms with van der Waals surface area (Å²) in [5, 5.41) is 16.5. The van der Waals surface area contributed by atoms with Crippen molar-refractivity contribution in [2.24, 2.45) is 11.7 Å². The van der Waals surface area contributed by atoms with Crippen molar-refractivity contribution in [1.29, 1.82) is 0 Å². The minimum atomic E-state index is -0.447. The molecule has 2 rings (SSSR count). The summed E-state index contributed by atoms with van der Waals surface area (Å²) < 4.78 is 0. The number of halogens is 1. The second-order valence-corrected chi connectivity index (χ2v) is 5.26. The molecule has 1 aromatic carbocycles. The van der Waals surface area contributed by atoms with E-state index in [0.29, 0.717) is 24.7 Å². The normalized spacial score (nSPS) is 14.6. The van der Waals surface area contributed by atoms with Gasteiger partial charge in [0.1, 0.15) is 5.69 Å². The van der Waals surface area contributed by atoms with Gasteiger partial charge in [0.05, 0.1) is 4.92 Å². The Labute approximate surface area is 135 Å². The molecule has 1 unspecified atom stereocenters. The van der Waals surface area contributed by atoms with Gasteiger partial charge in [-0.05, 0) is 24.8 Å². The van der Waals surface area contributed by atoms with Gasteiger partial charge in [-0.15, -0.1) is 12.4 Å². The Hall–Kier alpha value is -1.86. The van der Waals surface area contributed by atoms with Gasteiger partial charge in [-0.25, -0.2) is 0 Å². The lowest BCUT2D eigenvalue weighted by Crippen LogP contribution is -2.39. The molecule has 8 heteroatoms. The monoisotopic (exact) mass is 328 g/mol. The van der Waals surface area contributed by atoms with Gasteiger partial charge in [0.2, 0.25) is 5.91 Å². The maximum absolute atomic E-state index is 11.7. The third-order valence-corrected chi connectivity index (χ3v) is 3.53. The minimum Gasteiger partial charge on any atom is -0.379 e. The Morgan fingerprint density at radius 3 is 2.73 bits per heavy atom. The molecule has 1 aliphatic rings. The molecule has 0 radical (unpaired) electrons. The SMILES string of the molecule is Cl.NC(CNC(=O)CCNc1ccccc1[N+](=O)[O-])C1CC1. The predicted octanol–water partition coefficient (Wildman–Crippen LogP) is 1.67. The number of hydrogen-bond acceptors (Lipinski definition) is 5. The van der Waals surface area contributed by atoms with E-state index < -0.39 is 4.92 Å². The number of nitro benzene ring substituents is 1. The van der Waals surface area contributed by atoms with E-state index in [9.17, 15) is 14.9 Å². The van der Waals surface area contributed by atoms with Crippen molar-refractivity contribution in [3.05, 3.63) is 34.4 Å². The highest BCUT2D eigenvalue weighted by molar-refractivity contribution is 5.85. The molecule has 122 valence electrons. The molecule has 0 spiro atoms. The molecule has 0 heterocycles. The number of amides is 1. The summed E-state index contributed by atoms with van der Waals surface area (Å²) in [5.41, 5.74) is 6.32. The zero-order valence-electron chi connectivity index (χ0n) is 12.2. The maximum Gasteiger partial charge on any atom is 0.292 e. The Morgan fingerprint density at radius 2 is 2.09 bits per heavy atom. The lowest BCUT2D eigenvalue weighted by Gasteiger charge is -2.12. The highest BCUT2D eigenvalue weighted by Gasteiger charge is 2.28. The van der Waals surface area contributed by atoms with E-state index in [4.69, 9.17) is 5.73 Å². The third-order valence-electron chi connectivity index (χ3n) is 3.53. The third kappa shape index (κ3) is 5.50. The molecule has 22 heavy (non-hydrogen) atoms. The average molecular weight is 329 g/mol. The zero-order chi connectivity index (χ0) is 15.2.